The summed E-state index contributed by atoms with van der Waals surface area (Å²) < 4.78 is 34.8. The first-order chi connectivity index (χ1) is 11.5. The van der Waals surface area contributed by atoms with Gasteiger partial charge in [0.2, 0.25) is 0 Å². The van der Waals surface area contributed by atoms with Gasteiger partial charge in [0, 0.05) is 5.56 Å². The maximum Gasteiger partial charge on any atom is 0.415 e. The normalized spacial score (nSPS) is 11.8. The van der Waals surface area contributed by atoms with E-state index in [9.17, 15) is 13.6 Å². The molecular formula is C17H12F2O4S. The molecular weight excluding hydrogens is 338 g/mol. The number of alkyl halides is 2. The Labute approximate surface area is 140 Å². The zero-order valence-corrected chi connectivity index (χ0v) is 13.1. The highest BCUT2D eigenvalue weighted by Crippen LogP contribution is 2.33. The van der Waals surface area contributed by atoms with E-state index in [0.717, 1.165) is 21.5 Å². The number of fused-ring (bicyclic) bond motifs is 2. The van der Waals surface area contributed by atoms with Gasteiger partial charge in [-0.05, 0) is 27.6 Å². The quantitative estimate of drug-likeness (QED) is 0.236. The first-order valence-corrected chi connectivity index (χ1v) is 7.71. The lowest BCUT2D eigenvalue weighted by atomic mass is 9.97. The number of ether oxygens (including phenoxy) is 1. The number of carbonyl (C=O) groups excluding carboxylic acids is 1. The van der Waals surface area contributed by atoms with Crippen molar-refractivity contribution in [3.05, 3.63) is 60.2 Å². The van der Waals surface area contributed by atoms with E-state index >= 15 is 0 Å². The van der Waals surface area contributed by atoms with Crippen molar-refractivity contribution < 1.29 is 27.9 Å². The second-order valence-corrected chi connectivity index (χ2v) is 5.88. The van der Waals surface area contributed by atoms with Crippen LogP contribution in [0.4, 0.5) is 8.78 Å². The molecule has 0 aliphatic heterocycles. The molecule has 0 unspecified atom stereocenters. The Morgan fingerprint density at radius 1 is 1.04 bits per heavy atom. The minimum Gasteiger partial charge on any atom is -0.456 e. The van der Waals surface area contributed by atoms with Gasteiger partial charge >= 0.3 is 11.2 Å². The smallest absolute Gasteiger partial charge is 0.415 e. The SMILES string of the molecule is O=C(OCc1c2ccccc2cc2ccccc12)C(F)(F)SOO. The van der Waals surface area contributed by atoms with E-state index in [1.807, 2.05) is 54.6 Å². The van der Waals surface area contributed by atoms with Gasteiger partial charge in [-0.25, -0.2) is 10.1 Å². The van der Waals surface area contributed by atoms with Crippen LogP contribution >= 0.6 is 12.0 Å². The standard InChI is InChI=1S/C17H12F2O4S/c18-17(19,24-23-21)16(20)22-10-15-13-7-3-1-5-11(13)9-12-6-2-4-8-14(12)15/h1-9,21H,10H2. The molecule has 124 valence electrons. The number of rotatable bonds is 5. The van der Waals surface area contributed by atoms with E-state index in [2.05, 4.69) is 4.33 Å². The first kappa shape index (κ1) is 16.6. The molecule has 0 aliphatic carbocycles. The zero-order chi connectivity index (χ0) is 17.2. The molecule has 7 heteroatoms. The Balaban J connectivity index is 1.99. The lowest BCUT2D eigenvalue weighted by Crippen LogP contribution is -2.27. The zero-order valence-electron chi connectivity index (χ0n) is 12.2. The van der Waals surface area contributed by atoms with Crippen molar-refractivity contribution in [2.75, 3.05) is 0 Å². The van der Waals surface area contributed by atoms with Crippen molar-refractivity contribution in [1.82, 2.24) is 0 Å². The van der Waals surface area contributed by atoms with Crippen molar-refractivity contribution in [2.45, 2.75) is 11.9 Å². The second-order valence-electron chi connectivity index (χ2n) is 5.05. The van der Waals surface area contributed by atoms with Gasteiger partial charge < -0.3 is 4.74 Å². The van der Waals surface area contributed by atoms with Gasteiger partial charge in [0.15, 0.2) is 0 Å². The highest BCUT2D eigenvalue weighted by atomic mass is 32.2. The molecule has 0 aromatic heterocycles. The molecule has 3 aromatic carbocycles. The van der Waals surface area contributed by atoms with Crippen LogP contribution < -0.4 is 0 Å². The summed E-state index contributed by atoms with van der Waals surface area (Å²) in [6.45, 7) is -0.317. The second kappa shape index (κ2) is 6.72. The maximum absolute atomic E-state index is 13.4. The molecule has 3 rings (SSSR count). The van der Waals surface area contributed by atoms with Gasteiger partial charge in [-0.3, -0.25) is 0 Å². The largest absolute Gasteiger partial charge is 0.456 e. The van der Waals surface area contributed by atoms with Gasteiger partial charge in [0.25, 0.3) is 0 Å². The van der Waals surface area contributed by atoms with Gasteiger partial charge in [-0.15, -0.1) is 0 Å². The minimum absolute atomic E-state index is 0.317. The molecule has 0 atom stereocenters. The fourth-order valence-electron chi connectivity index (χ4n) is 2.57. The topological polar surface area (TPSA) is 55.8 Å². The molecule has 1 N–H and O–H groups in total. The summed E-state index contributed by atoms with van der Waals surface area (Å²) in [6.07, 6.45) is 0. The van der Waals surface area contributed by atoms with E-state index in [4.69, 9.17) is 9.99 Å². The van der Waals surface area contributed by atoms with Crippen LogP contribution in [0.5, 0.6) is 0 Å². The van der Waals surface area contributed by atoms with Crippen LogP contribution in [0.15, 0.2) is 54.6 Å². The maximum atomic E-state index is 13.4. The molecule has 0 radical (unpaired) electrons. The summed E-state index contributed by atoms with van der Waals surface area (Å²) >= 11 is -0.668. The fraction of sp³-hybridized carbons (Fsp3) is 0.118. The molecule has 0 aliphatic rings. The monoisotopic (exact) mass is 350 g/mol. The van der Waals surface area contributed by atoms with Crippen molar-refractivity contribution >= 4 is 39.6 Å². The first-order valence-electron chi connectivity index (χ1n) is 6.96. The molecule has 0 fully saturated rings. The van der Waals surface area contributed by atoms with Gasteiger partial charge in [-0.1, -0.05) is 48.5 Å². The summed E-state index contributed by atoms with van der Waals surface area (Å²) in [4.78, 5) is 11.5. The molecule has 24 heavy (non-hydrogen) atoms. The van der Waals surface area contributed by atoms with E-state index in [1.165, 1.54) is 0 Å². The number of hydrogen-bond acceptors (Lipinski definition) is 5. The van der Waals surface area contributed by atoms with Crippen molar-refractivity contribution in [3.63, 3.8) is 0 Å². The van der Waals surface area contributed by atoms with Crippen LogP contribution in [0.2, 0.25) is 0 Å². The van der Waals surface area contributed by atoms with Crippen molar-refractivity contribution in [2.24, 2.45) is 0 Å². The predicted octanol–water partition coefficient (Wildman–Crippen LogP) is 4.77. The molecule has 0 heterocycles. The Kier molecular flexibility index (Phi) is 4.66. The number of esters is 1. The molecule has 0 saturated heterocycles. The third-order valence-corrected chi connectivity index (χ3v) is 4.06. The van der Waals surface area contributed by atoms with E-state index < -0.39 is 23.3 Å². The number of carbonyl (C=O) groups is 1. The van der Waals surface area contributed by atoms with Crippen LogP contribution in [-0.2, 0) is 20.5 Å². The molecule has 4 nitrogen and oxygen atoms in total. The van der Waals surface area contributed by atoms with Crippen LogP contribution in [0.1, 0.15) is 5.56 Å². The predicted molar refractivity (Wildman–Crippen MR) is 87.5 cm³/mol. The molecule has 3 aromatic rings. The van der Waals surface area contributed by atoms with Crippen LogP contribution in [0.25, 0.3) is 21.5 Å². The summed E-state index contributed by atoms with van der Waals surface area (Å²) in [6, 6.07) is 16.9. The van der Waals surface area contributed by atoms with Crippen LogP contribution in [-0.4, -0.2) is 16.5 Å². The van der Waals surface area contributed by atoms with Crippen molar-refractivity contribution in [3.8, 4) is 0 Å². The average Bonchev–Trinajstić information content (AvgIpc) is 2.58. The van der Waals surface area contributed by atoms with Gasteiger partial charge in [0.1, 0.15) is 18.6 Å². The van der Waals surface area contributed by atoms with E-state index in [-0.39, 0.29) is 6.61 Å². The van der Waals surface area contributed by atoms with Crippen LogP contribution in [0.3, 0.4) is 0 Å². The molecule has 0 amide bonds. The van der Waals surface area contributed by atoms with E-state index in [0.29, 0.717) is 5.56 Å². The molecule has 0 saturated carbocycles. The number of benzene rings is 3. The number of halogens is 2. The average molecular weight is 350 g/mol. The summed E-state index contributed by atoms with van der Waals surface area (Å²) in [5.41, 5.74) is 0.641. The highest BCUT2D eigenvalue weighted by Gasteiger charge is 2.43. The summed E-state index contributed by atoms with van der Waals surface area (Å²) in [5, 5.41) is 7.58. The summed E-state index contributed by atoms with van der Waals surface area (Å²) in [5.74, 6) is -1.78. The summed E-state index contributed by atoms with van der Waals surface area (Å²) in [7, 11) is 0. The minimum atomic E-state index is -3.99. The Bertz CT molecular complexity index is 844. The third kappa shape index (κ3) is 3.19. The van der Waals surface area contributed by atoms with Crippen molar-refractivity contribution in [1.29, 1.82) is 0 Å². The third-order valence-electron chi connectivity index (χ3n) is 3.61. The van der Waals surface area contributed by atoms with E-state index in [1.54, 1.807) is 0 Å². The Hall–Kier alpha value is -2.22. The van der Waals surface area contributed by atoms with Gasteiger partial charge in [0.05, 0.1) is 0 Å². The molecule has 0 bridgehead atoms. The Morgan fingerprint density at radius 2 is 1.58 bits per heavy atom. The van der Waals surface area contributed by atoms with Crippen LogP contribution in [0, 0.1) is 0 Å². The highest BCUT2D eigenvalue weighted by molar-refractivity contribution is 7.96. The molecule has 0 spiro atoms. The Morgan fingerprint density at radius 3 is 2.12 bits per heavy atom. The van der Waals surface area contributed by atoms with Gasteiger partial charge in [-0.2, -0.15) is 13.1 Å². The fourth-order valence-corrected chi connectivity index (χ4v) is 2.79. The number of hydrogen-bond donors (Lipinski definition) is 1. The lowest BCUT2D eigenvalue weighted by molar-refractivity contribution is -0.166. The lowest BCUT2D eigenvalue weighted by Gasteiger charge is -2.15.